The molecule has 1 amide bonds. The SMILES string of the molecule is COc1ccc(Cl)cc1C(=O)CCC(=O)Nc1c(C#N)cnn1-c1cc(C)c2ccccc2n1. The second kappa shape index (κ2) is 9.73. The molecule has 2 aromatic heterocycles. The molecule has 34 heavy (non-hydrogen) atoms. The molecule has 1 N–H and O–H groups in total. The Morgan fingerprint density at radius 3 is 2.74 bits per heavy atom. The standard InChI is InChI=1S/C25H20ClN5O3/c1-15-11-23(29-20-6-4-3-5-18(15)20)31-25(16(13-27)14-28-31)30-24(33)10-8-21(32)19-12-17(26)7-9-22(19)34-2/h3-7,9,11-12,14H,8,10H2,1-2H3,(H,30,33). The molecule has 0 atom stereocenters. The molecular formula is C25H20ClN5O3. The second-order valence-corrected chi connectivity index (χ2v) is 8.00. The number of Topliss-reactive ketones (excluding diaryl/α,β-unsaturated/α-hetero) is 1. The third-order valence-electron chi connectivity index (χ3n) is 5.32. The maximum Gasteiger partial charge on any atom is 0.226 e. The summed E-state index contributed by atoms with van der Waals surface area (Å²) in [6.07, 6.45) is 1.20. The number of ketones is 1. The molecule has 4 rings (SSSR count). The van der Waals surface area contributed by atoms with E-state index >= 15 is 0 Å². The Kier molecular flexibility index (Phi) is 6.57. The van der Waals surface area contributed by atoms with Crippen molar-refractivity contribution < 1.29 is 14.3 Å². The van der Waals surface area contributed by atoms with E-state index in [9.17, 15) is 14.9 Å². The van der Waals surface area contributed by atoms with Crippen LogP contribution in [0.4, 0.5) is 5.82 Å². The van der Waals surface area contributed by atoms with Gasteiger partial charge in [-0.1, -0.05) is 29.8 Å². The highest BCUT2D eigenvalue weighted by Gasteiger charge is 2.19. The monoisotopic (exact) mass is 473 g/mol. The summed E-state index contributed by atoms with van der Waals surface area (Å²) in [5.74, 6) is 0.327. The highest BCUT2D eigenvalue weighted by atomic mass is 35.5. The Morgan fingerprint density at radius 1 is 1.18 bits per heavy atom. The topological polar surface area (TPSA) is 110 Å². The van der Waals surface area contributed by atoms with E-state index in [1.54, 1.807) is 12.1 Å². The van der Waals surface area contributed by atoms with Crippen LogP contribution in [0.3, 0.4) is 0 Å². The van der Waals surface area contributed by atoms with Gasteiger partial charge in [0.15, 0.2) is 17.4 Å². The summed E-state index contributed by atoms with van der Waals surface area (Å²) >= 11 is 6.00. The lowest BCUT2D eigenvalue weighted by molar-refractivity contribution is -0.116. The predicted molar refractivity (Wildman–Crippen MR) is 129 cm³/mol. The Bertz CT molecular complexity index is 1450. The van der Waals surface area contributed by atoms with Crippen molar-refractivity contribution >= 4 is 40.0 Å². The highest BCUT2D eigenvalue weighted by Crippen LogP contribution is 2.26. The number of para-hydroxylation sites is 1. The number of methoxy groups -OCH3 is 1. The van der Waals surface area contributed by atoms with Gasteiger partial charge < -0.3 is 10.1 Å². The number of aryl methyl sites for hydroxylation is 1. The lowest BCUT2D eigenvalue weighted by Crippen LogP contribution is -2.17. The fraction of sp³-hybridized carbons (Fsp3) is 0.160. The van der Waals surface area contributed by atoms with Gasteiger partial charge in [-0.15, -0.1) is 0 Å². The number of aromatic nitrogens is 3. The molecule has 0 radical (unpaired) electrons. The first-order chi connectivity index (χ1) is 16.4. The number of halogens is 1. The van der Waals surface area contributed by atoms with Gasteiger partial charge in [-0.25, -0.2) is 4.98 Å². The van der Waals surface area contributed by atoms with E-state index in [1.807, 2.05) is 43.3 Å². The lowest BCUT2D eigenvalue weighted by atomic mass is 10.1. The van der Waals surface area contributed by atoms with Crippen LogP contribution in [0.2, 0.25) is 5.02 Å². The Labute approximate surface area is 200 Å². The molecule has 0 aliphatic rings. The Hall–Kier alpha value is -4.22. The summed E-state index contributed by atoms with van der Waals surface area (Å²) in [7, 11) is 1.46. The number of pyridine rings is 1. The van der Waals surface area contributed by atoms with Crippen molar-refractivity contribution in [2.75, 3.05) is 12.4 Å². The molecule has 0 aliphatic carbocycles. The number of nitrogens with zero attached hydrogens (tertiary/aromatic N) is 4. The van der Waals surface area contributed by atoms with Gasteiger partial charge in [-0.05, 0) is 42.8 Å². The van der Waals surface area contributed by atoms with Gasteiger partial charge >= 0.3 is 0 Å². The molecule has 0 spiro atoms. The van der Waals surface area contributed by atoms with E-state index in [0.29, 0.717) is 22.2 Å². The third kappa shape index (κ3) is 4.60. The van der Waals surface area contributed by atoms with Crippen LogP contribution in [-0.4, -0.2) is 33.6 Å². The largest absolute Gasteiger partial charge is 0.496 e. The zero-order valence-electron chi connectivity index (χ0n) is 18.5. The second-order valence-electron chi connectivity index (χ2n) is 7.56. The van der Waals surface area contributed by atoms with Crippen LogP contribution in [-0.2, 0) is 4.79 Å². The zero-order chi connectivity index (χ0) is 24.2. The average Bonchev–Trinajstić information content (AvgIpc) is 3.24. The van der Waals surface area contributed by atoms with Crippen molar-refractivity contribution in [1.29, 1.82) is 5.26 Å². The Morgan fingerprint density at radius 2 is 1.97 bits per heavy atom. The molecule has 4 aromatic rings. The van der Waals surface area contributed by atoms with Gasteiger partial charge in [0.05, 0.1) is 24.4 Å². The molecule has 0 fully saturated rings. The van der Waals surface area contributed by atoms with Gasteiger partial charge in [-0.2, -0.15) is 15.0 Å². The molecule has 8 nitrogen and oxygen atoms in total. The lowest BCUT2D eigenvalue weighted by Gasteiger charge is -2.11. The first kappa shape index (κ1) is 23.0. The quantitative estimate of drug-likeness (QED) is 0.383. The smallest absolute Gasteiger partial charge is 0.226 e. The van der Waals surface area contributed by atoms with Crippen LogP contribution in [0.15, 0.2) is 54.7 Å². The fourth-order valence-corrected chi connectivity index (χ4v) is 3.79. The van der Waals surface area contributed by atoms with E-state index in [1.165, 1.54) is 24.1 Å². The number of nitrogens with one attached hydrogen (secondary N) is 1. The summed E-state index contributed by atoms with van der Waals surface area (Å²) in [5.41, 5.74) is 2.24. The number of carbonyl (C=O) groups is 2. The number of ether oxygens (including phenoxy) is 1. The summed E-state index contributed by atoms with van der Waals surface area (Å²) in [5, 5.41) is 17.9. The van der Waals surface area contributed by atoms with Gasteiger partial charge in [0.1, 0.15) is 17.4 Å². The van der Waals surface area contributed by atoms with Crippen molar-refractivity contribution in [2.24, 2.45) is 0 Å². The Balaban J connectivity index is 1.55. The minimum atomic E-state index is -0.440. The van der Waals surface area contributed by atoms with Crippen molar-refractivity contribution in [1.82, 2.24) is 14.8 Å². The maximum absolute atomic E-state index is 12.7. The summed E-state index contributed by atoms with van der Waals surface area (Å²) in [6, 6.07) is 16.3. The average molecular weight is 474 g/mol. The first-order valence-electron chi connectivity index (χ1n) is 10.4. The highest BCUT2D eigenvalue weighted by molar-refractivity contribution is 6.31. The van der Waals surface area contributed by atoms with Gasteiger partial charge in [-0.3, -0.25) is 9.59 Å². The van der Waals surface area contributed by atoms with Crippen LogP contribution in [0.1, 0.15) is 34.3 Å². The van der Waals surface area contributed by atoms with E-state index < -0.39 is 5.91 Å². The number of hydrogen-bond acceptors (Lipinski definition) is 6. The van der Waals surface area contributed by atoms with Crippen LogP contribution in [0.5, 0.6) is 5.75 Å². The predicted octanol–water partition coefficient (Wildman–Crippen LogP) is 4.86. The minimum absolute atomic E-state index is 0.0636. The number of rotatable bonds is 7. The molecule has 0 saturated heterocycles. The fourth-order valence-electron chi connectivity index (χ4n) is 3.62. The maximum atomic E-state index is 12.7. The van der Waals surface area contributed by atoms with Crippen molar-refractivity contribution in [3.63, 3.8) is 0 Å². The molecule has 2 aromatic carbocycles. The number of carbonyl (C=O) groups excluding carboxylic acids is 2. The van der Waals surface area contributed by atoms with E-state index in [0.717, 1.165) is 16.5 Å². The van der Waals surface area contributed by atoms with Crippen LogP contribution in [0, 0.1) is 18.3 Å². The number of fused-ring (bicyclic) bond motifs is 1. The van der Waals surface area contributed by atoms with Gasteiger partial charge in [0, 0.05) is 23.3 Å². The van der Waals surface area contributed by atoms with Crippen LogP contribution < -0.4 is 10.1 Å². The molecule has 0 unspecified atom stereocenters. The molecule has 0 saturated carbocycles. The van der Waals surface area contributed by atoms with Gasteiger partial charge in [0.25, 0.3) is 0 Å². The summed E-state index contributed by atoms with van der Waals surface area (Å²) < 4.78 is 6.63. The minimum Gasteiger partial charge on any atom is -0.496 e. The van der Waals surface area contributed by atoms with Crippen molar-refractivity contribution in [3.05, 3.63) is 76.4 Å². The van der Waals surface area contributed by atoms with E-state index in [4.69, 9.17) is 16.3 Å². The third-order valence-corrected chi connectivity index (χ3v) is 5.55. The van der Waals surface area contributed by atoms with Crippen LogP contribution >= 0.6 is 11.6 Å². The number of nitriles is 1. The molecule has 170 valence electrons. The number of amides is 1. The number of anilines is 1. The summed E-state index contributed by atoms with van der Waals surface area (Å²) in [6.45, 7) is 1.95. The number of benzene rings is 2. The zero-order valence-corrected chi connectivity index (χ0v) is 19.3. The van der Waals surface area contributed by atoms with Crippen LogP contribution in [0.25, 0.3) is 16.7 Å². The number of hydrogen-bond donors (Lipinski definition) is 1. The molecule has 9 heteroatoms. The summed E-state index contributed by atoms with van der Waals surface area (Å²) in [4.78, 5) is 30.0. The molecular weight excluding hydrogens is 454 g/mol. The van der Waals surface area contributed by atoms with E-state index in [2.05, 4.69) is 15.4 Å². The van der Waals surface area contributed by atoms with E-state index in [-0.39, 0.29) is 30.0 Å². The first-order valence-corrected chi connectivity index (χ1v) is 10.8. The van der Waals surface area contributed by atoms with Crippen molar-refractivity contribution in [2.45, 2.75) is 19.8 Å². The molecule has 0 bridgehead atoms. The van der Waals surface area contributed by atoms with Gasteiger partial charge in [0.2, 0.25) is 5.91 Å². The van der Waals surface area contributed by atoms with Crippen molar-refractivity contribution in [3.8, 4) is 17.6 Å². The molecule has 2 heterocycles. The normalized spacial score (nSPS) is 10.6. The molecule has 0 aliphatic heterocycles.